The number of phenolic OH excluding ortho intramolecular Hbond substituents is 1. The molecule has 0 aromatic heterocycles. The first-order chi connectivity index (χ1) is 11.8. The van der Waals surface area contributed by atoms with Gasteiger partial charge in [-0.15, -0.1) is 0 Å². The molecule has 1 aliphatic rings. The van der Waals surface area contributed by atoms with E-state index in [0.717, 1.165) is 37.8 Å². The highest BCUT2D eigenvalue weighted by atomic mass is 35.5. The van der Waals surface area contributed by atoms with E-state index in [4.69, 9.17) is 11.6 Å². The molecule has 1 fully saturated rings. The van der Waals surface area contributed by atoms with E-state index in [1.54, 1.807) is 6.07 Å². The SMILES string of the molecule is C[C@@H]1CCCC[C@@H]1NC(=O)/C(C#N)=C/c1cc(Cl)cc([N+](=O)[O-])c1O. The van der Waals surface area contributed by atoms with Crippen LogP contribution in [0.25, 0.3) is 6.08 Å². The number of nitro groups is 1. The van der Waals surface area contributed by atoms with Crippen molar-refractivity contribution in [1.82, 2.24) is 5.32 Å². The minimum Gasteiger partial charge on any atom is -0.502 e. The van der Waals surface area contributed by atoms with E-state index in [2.05, 4.69) is 5.32 Å². The standard InChI is InChI=1S/C17H18ClN3O4/c1-10-4-2-3-5-14(10)20-17(23)12(9-19)6-11-7-13(18)8-15(16(11)22)21(24)25/h6-8,10,14,22H,2-5H2,1H3,(H,20,23)/b12-6+/t10-,14+/m1/s1. The third kappa shape index (κ3) is 4.48. The first-order valence-corrected chi connectivity index (χ1v) is 8.30. The molecule has 0 aliphatic heterocycles. The summed E-state index contributed by atoms with van der Waals surface area (Å²) < 4.78 is 0. The molecule has 132 valence electrons. The van der Waals surface area contributed by atoms with E-state index in [-0.39, 0.29) is 22.2 Å². The highest BCUT2D eigenvalue weighted by Gasteiger charge is 2.25. The van der Waals surface area contributed by atoms with Crippen LogP contribution in [0.15, 0.2) is 17.7 Å². The van der Waals surface area contributed by atoms with E-state index in [1.807, 2.05) is 6.92 Å². The number of carbonyl (C=O) groups is 1. The molecule has 0 radical (unpaired) electrons. The van der Waals surface area contributed by atoms with Gasteiger partial charge in [0.15, 0.2) is 0 Å². The average molecular weight is 364 g/mol. The van der Waals surface area contributed by atoms with Gasteiger partial charge in [0, 0.05) is 22.7 Å². The van der Waals surface area contributed by atoms with Gasteiger partial charge in [-0.25, -0.2) is 0 Å². The molecule has 0 spiro atoms. The first kappa shape index (κ1) is 18.7. The van der Waals surface area contributed by atoms with Gasteiger partial charge in [-0.2, -0.15) is 5.26 Å². The third-order valence-corrected chi connectivity index (χ3v) is 4.59. The Balaban J connectivity index is 2.29. The lowest BCUT2D eigenvalue weighted by Gasteiger charge is -2.29. The number of phenols is 1. The van der Waals surface area contributed by atoms with Gasteiger partial charge in [-0.05, 0) is 30.9 Å². The van der Waals surface area contributed by atoms with Crippen LogP contribution in [-0.4, -0.2) is 22.0 Å². The fourth-order valence-electron chi connectivity index (χ4n) is 2.94. The van der Waals surface area contributed by atoms with E-state index < -0.39 is 22.3 Å². The van der Waals surface area contributed by atoms with Gasteiger partial charge in [0.1, 0.15) is 11.6 Å². The number of rotatable bonds is 4. The van der Waals surface area contributed by atoms with Crippen LogP contribution in [-0.2, 0) is 4.79 Å². The van der Waals surface area contributed by atoms with Crippen molar-refractivity contribution in [2.75, 3.05) is 0 Å². The predicted molar refractivity (Wildman–Crippen MR) is 92.9 cm³/mol. The molecule has 25 heavy (non-hydrogen) atoms. The summed E-state index contributed by atoms with van der Waals surface area (Å²) in [5.41, 5.74) is -0.885. The van der Waals surface area contributed by atoms with Gasteiger partial charge in [0.05, 0.1) is 4.92 Å². The van der Waals surface area contributed by atoms with E-state index >= 15 is 0 Å². The van der Waals surface area contributed by atoms with Crippen molar-refractivity contribution in [2.24, 2.45) is 5.92 Å². The molecule has 2 rings (SSSR count). The molecule has 1 aliphatic carbocycles. The summed E-state index contributed by atoms with van der Waals surface area (Å²) in [4.78, 5) is 22.5. The Hall–Kier alpha value is -2.59. The summed E-state index contributed by atoms with van der Waals surface area (Å²) in [7, 11) is 0. The topological polar surface area (TPSA) is 116 Å². The second-order valence-corrected chi connectivity index (χ2v) is 6.57. The van der Waals surface area contributed by atoms with Crippen LogP contribution in [0.2, 0.25) is 5.02 Å². The molecule has 1 amide bonds. The summed E-state index contributed by atoms with van der Waals surface area (Å²) in [5.74, 6) is -0.887. The number of hydrogen-bond donors (Lipinski definition) is 2. The molecule has 0 heterocycles. The molecule has 2 atom stereocenters. The van der Waals surface area contributed by atoms with E-state index in [1.165, 1.54) is 6.07 Å². The molecule has 1 saturated carbocycles. The summed E-state index contributed by atoms with van der Waals surface area (Å²) in [6.07, 6.45) is 5.10. The molecular weight excluding hydrogens is 346 g/mol. The smallest absolute Gasteiger partial charge is 0.312 e. The van der Waals surface area contributed by atoms with Crippen molar-refractivity contribution in [3.05, 3.63) is 38.4 Å². The average Bonchev–Trinajstić information content (AvgIpc) is 2.56. The van der Waals surface area contributed by atoms with E-state index in [9.17, 15) is 25.3 Å². The number of hydrogen-bond acceptors (Lipinski definition) is 5. The summed E-state index contributed by atoms with van der Waals surface area (Å²) in [6, 6.07) is 4.03. The first-order valence-electron chi connectivity index (χ1n) is 7.93. The second kappa shape index (κ2) is 7.99. The lowest BCUT2D eigenvalue weighted by atomic mass is 9.86. The predicted octanol–water partition coefficient (Wildman–Crippen LogP) is 3.56. The molecule has 1 aromatic carbocycles. The second-order valence-electron chi connectivity index (χ2n) is 6.13. The number of carbonyl (C=O) groups excluding carboxylic acids is 1. The molecule has 1 aromatic rings. The monoisotopic (exact) mass is 363 g/mol. The van der Waals surface area contributed by atoms with Gasteiger partial charge in [0.25, 0.3) is 5.91 Å². The Kier molecular flexibility index (Phi) is 5.99. The molecule has 0 saturated heterocycles. The number of nitrogens with zero attached hydrogens (tertiary/aromatic N) is 2. The minimum atomic E-state index is -0.783. The number of aromatic hydroxyl groups is 1. The maximum Gasteiger partial charge on any atom is 0.312 e. The number of nitro benzene ring substituents is 1. The number of amides is 1. The Bertz CT molecular complexity index is 770. The van der Waals surface area contributed by atoms with Crippen molar-refractivity contribution in [2.45, 2.75) is 38.6 Å². The molecule has 7 nitrogen and oxygen atoms in total. The van der Waals surface area contributed by atoms with Crippen LogP contribution in [0.3, 0.4) is 0 Å². The van der Waals surface area contributed by atoms with Crippen LogP contribution in [0.5, 0.6) is 5.75 Å². The zero-order chi connectivity index (χ0) is 18.6. The number of nitrogens with one attached hydrogen (secondary N) is 1. The molecule has 0 bridgehead atoms. The fraction of sp³-hybridized carbons (Fsp3) is 0.412. The van der Waals surface area contributed by atoms with Gasteiger partial charge >= 0.3 is 5.69 Å². The quantitative estimate of drug-likeness (QED) is 0.367. The van der Waals surface area contributed by atoms with Crippen LogP contribution in [0.1, 0.15) is 38.2 Å². The van der Waals surface area contributed by atoms with Gasteiger partial charge in [0.2, 0.25) is 5.75 Å². The van der Waals surface area contributed by atoms with Crippen molar-refractivity contribution in [3.8, 4) is 11.8 Å². The van der Waals surface area contributed by atoms with Gasteiger partial charge in [-0.3, -0.25) is 14.9 Å². The van der Waals surface area contributed by atoms with E-state index in [0.29, 0.717) is 5.92 Å². The Morgan fingerprint density at radius 3 is 2.76 bits per heavy atom. The zero-order valence-electron chi connectivity index (χ0n) is 13.7. The van der Waals surface area contributed by atoms with Crippen molar-refractivity contribution >= 4 is 29.3 Å². The summed E-state index contributed by atoms with van der Waals surface area (Å²) in [6.45, 7) is 2.05. The maximum absolute atomic E-state index is 12.4. The van der Waals surface area contributed by atoms with Gasteiger partial charge in [-0.1, -0.05) is 31.4 Å². The number of nitriles is 1. The lowest BCUT2D eigenvalue weighted by molar-refractivity contribution is -0.385. The van der Waals surface area contributed by atoms with Crippen LogP contribution < -0.4 is 5.32 Å². The van der Waals surface area contributed by atoms with Crippen LogP contribution >= 0.6 is 11.6 Å². The van der Waals surface area contributed by atoms with Crippen molar-refractivity contribution in [1.29, 1.82) is 5.26 Å². The Morgan fingerprint density at radius 2 is 2.16 bits per heavy atom. The van der Waals surface area contributed by atoms with Crippen LogP contribution in [0, 0.1) is 27.4 Å². The molecule has 8 heteroatoms. The highest BCUT2D eigenvalue weighted by Crippen LogP contribution is 2.34. The summed E-state index contributed by atoms with van der Waals surface area (Å²) >= 11 is 5.82. The third-order valence-electron chi connectivity index (χ3n) is 4.37. The zero-order valence-corrected chi connectivity index (χ0v) is 14.4. The molecular formula is C17H18ClN3O4. The Morgan fingerprint density at radius 1 is 1.48 bits per heavy atom. The van der Waals surface area contributed by atoms with Crippen molar-refractivity contribution < 1.29 is 14.8 Å². The minimum absolute atomic E-state index is 0.0136. The molecule has 2 N–H and O–H groups in total. The van der Waals surface area contributed by atoms with Gasteiger partial charge < -0.3 is 10.4 Å². The van der Waals surface area contributed by atoms with Crippen LogP contribution in [0.4, 0.5) is 5.69 Å². The largest absolute Gasteiger partial charge is 0.502 e. The Labute approximate surface area is 150 Å². The maximum atomic E-state index is 12.4. The normalized spacial score (nSPS) is 20.6. The fourth-order valence-corrected chi connectivity index (χ4v) is 3.16. The lowest BCUT2D eigenvalue weighted by Crippen LogP contribution is -2.41. The molecule has 0 unspecified atom stereocenters. The number of benzene rings is 1. The highest BCUT2D eigenvalue weighted by molar-refractivity contribution is 6.31. The van der Waals surface area contributed by atoms with Crippen molar-refractivity contribution in [3.63, 3.8) is 0 Å². The summed E-state index contributed by atoms with van der Waals surface area (Å²) in [5, 5.41) is 33.0. The number of halogens is 1.